The Morgan fingerprint density at radius 3 is 2.53 bits per heavy atom. The summed E-state index contributed by atoms with van der Waals surface area (Å²) in [5, 5.41) is 3.17. The zero-order valence-corrected chi connectivity index (χ0v) is 11.5. The average molecular weight is 260 g/mol. The van der Waals surface area contributed by atoms with E-state index in [2.05, 4.69) is 5.32 Å². The van der Waals surface area contributed by atoms with Gasteiger partial charge in [-0.1, -0.05) is 43.9 Å². The van der Waals surface area contributed by atoms with Crippen LogP contribution < -0.4 is 11.1 Å². The van der Waals surface area contributed by atoms with Crippen molar-refractivity contribution in [1.82, 2.24) is 5.32 Å². The van der Waals surface area contributed by atoms with Gasteiger partial charge in [-0.05, 0) is 30.9 Å². The summed E-state index contributed by atoms with van der Waals surface area (Å²) in [7, 11) is 0. The maximum absolute atomic E-state index is 12.0. The number of benzene rings is 1. The Labute approximate surface area is 115 Å². The molecule has 0 unspecified atom stereocenters. The highest BCUT2D eigenvalue weighted by atomic mass is 16.1. The van der Waals surface area contributed by atoms with Crippen molar-refractivity contribution in [3.05, 3.63) is 29.8 Å². The minimum Gasteiger partial charge on any atom is -0.399 e. The summed E-state index contributed by atoms with van der Waals surface area (Å²) in [6, 6.07) is 8.16. The van der Waals surface area contributed by atoms with E-state index >= 15 is 0 Å². The van der Waals surface area contributed by atoms with Gasteiger partial charge in [0.05, 0.1) is 0 Å². The van der Waals surface area contributed by atoms with Crippen molar-refractivity contribution in [2.45, 2.75) is 57.4 Å². The predicted octanol–water partition coefficient (Wildman–Crippen LogP) is 3.04. The second-order valence-corrected chi connectivity index (χ2v) is 5.45. The molecule has 0 bridgehead atoms. The Morgan fingerprint density at radius 2 is 1.84 bits per heavy atom. The maximum Gasteiger partial charge on any atom is 0.220 e. The number of hydrogen-bond acceptors (Lipinski definition) is 2. The van der Waals surface area contributed by atoms with Crippen LogP contribution in [0.15, 0.2) is 24.3 Å². The Bertz CT molecular complexity index is 409. The number of rotatable bonds is 4. The number of anilines is 1. The lowest BCUT2D eigenvalue weighted by molar-refractivity contribution is -0.121. The molecule has 0 aliphatic heterocycles. The molecule has 1 fully saturated rings. The normalized spacial score (nSPS) is 16.8. The summed E-state index contributed by atoms with van der Waals surface area (Å²) in [5.74, 6) is 0.162. The molecule has 0 saturated heterocycles. The standard InChI is InChI=1S/C16H24N2O/c17-15-10-6-5-7-13(15)11-12-16(19)18-14-8-3-1-2-4-9-14/h5-7,10,14H,1-4,8-9,11-12,17H2,(H,18,19). The molecule has 1 amide bonds. The molecule has 0 aromatic heterocycles. The topological polar surface area (TPSA) is 55.1 Å². The van der Waals surface area contributed by atoms with Gasteiger partial charge < -0.3 is 11.1 Å². The molecule has 1 aliphatic carbocycles. The smallest absolute Gasteiger partial charge is 0.220 e. The fourth-order valence-corrected chi connectivity index (χ4v) is 2.73. The summed E-state index contributed by atoms with van der Waals surface area (Å²) in [6.45, 7) is 0. The van der Waals surface area contributed by atoms with E-state index < -0.39 is 0 Å². The van der Waals surface area contributed by atoms with Crippen molar-refractivity contribution >= 4 is 11.6 Å². The number of amides is 1. The zero-order valence-electron chi connectivity index (χ0n) is 11.5. The molecular weight excluding hydrogens is 236 g/mol. The van der Waals surface area contributed by atoms with Crippen LogP contribution >= 0.6 is 0 Å². The van der Waals surface area contributed by atoms with Crippen LogP contribution in [0.5, 0.6) is 0 Å². The van der Waals surface area contributed by atoms with Gasteiger partial charge in [0, 0.05) is 18.2 Å². The molecule has 3 heteroatoms. The Hall–Kier alpha value is -1.51. The molecule has 2 rings (SSSR count). The highest BCUT2D eigenvalue weighted by Gasteiger charge is 2.14. The highest BCUT2D eigenvalue weighted by Crippen LogP contribution is 2.17. The van der Waals surface area contributed by atoms with Crippen LogP contribution in [0, 0.1) is 0 Å². The summed E-state index contributed by atoms with van der Waals surface area (Å²) < 4.78 is 0. The van der Waals surface area contributed by atoms with E-state index in [1.54, 1.807) is 0 Å². The molecule has 104 valence electrons. The first-order chi connectivity index (χ1) is 9.25. The van der Waals surface area contributed by atoms with Gasteiger partial charge >= 0.3 is 0 Å². The van der Waals surface area contributed by atoms with Crippen LogP contribution in [0.2, 0.25) is 0 Å². The van der Waals surface area contributed by atoms with E-state index in [1.165, 1.54) is 25.7 Å². The lowest BCUT2D eigenvalue weighted by atomic mass is 10.1. The van der Waals surface area contributed by atoms with Gasteiger partial charge in [0.2, 0.25) is 5.91 Å². The summed E-state index contributed by atoms with van der Waals surface area (Å²) in [4.78, 5) is 12.0. The van der Waals surface area contributed by atoms with E-state index in [-0.39, 0.29) is 5.91 Å². The van der Waals surface area contributed by atoms with E-state index in [4.69, 9.17) is 5.73 Å². The SMILES string of the molecule is Nc1ccccc1CCC(=O)NC1CCCCCC1. The minimum atomic E-state index is 0.162. The lowest BCUT2D eigenvalue weighted by Crippen LogP contribution is -2.34. The monoisotopic (exact) mass is 260 g/mol. The molecular formula is C16H24N2O. The molecule has 0 heterocycles. The van der Waals surface area contributed by atoms with Crippen molar-refractivity contribution in [3.8, 4) is 0 Å². The van der Waals surface area contributed by atoms with Crippen molar-refractivity contribution in [2.75, 3.05) is 5.73 Å². The Morgan fingerprint density at radius 1 is 1.16 bits per heavy atom. The van der Waals surface area contributed by atoms with Gasteiger partial charge in [0.1, 0.15) is 0 Å². The number of hydrogen-bond donors (Lipinski definition) is 2. The largest absolute Gasteiger partial charge is 0.399 e. The number of nitrogens with two attached hydrogens (primary N) is 1. The van der Waals surface area contributed by atoms with Gasteiger partial charge in [-0.3, -0.25) is 4.79 Å². The second-order valence-electron chi connectivity index (χ2n) is 5.45. The van der Waals surface area contributed by atoms with Crippen LogP contribution in [0.4, 0.5) is 5.69 Å². The minimum absolute atomic E-state index is 0.162. The Kier molecular flexibility index (Phi) is 5.25. The number of nitrogen functional groups attached to an aromatic ring is 1. The third kappa shape index (κ3) is 4.58. The van der Waals surface area contributed by atoms with Crippen LogP contribution in [-0.2, 0) is 11.2 Å². The predicted molar refractivity (Wildman–Crippen MR) is 78.8 cm³/mol. The average Bonchev–Trinajstić information content (AvgIpc) is 2.66. The quantitative estimate of drug-likeness (QED) is 0.646. The fraction of sp³-hybridized carbons (Fsp3) is 0.562. The molecule has 1 aromatic carbocycles. The zero-order chi connectivity index (χ0) is 13.5. The van der Waals surface area contributed by atoms with Crippen LogP contribution in [0.25, 0.3) is 0 Å². The third-order valence-electron chi connectivity index (χ3n) is 3.90. The van der Waals surface area contributed by atoms with Crippen LogP contribution in [-0.4, -0.2) is 11.9 Å². The summed E-state index contributed by atoms with van der Waals surface area (Å²) in [6.07, 6.45) is 8.65. The Balaban J connectivity index is 1.76. The van der Waals surface area contributed by atoms with Gasteiger partial charge in [-0.2, -0.15) is 0 Å². The van der Waals surface area contributed by atoms with Crippen LogP contribution in [0.1, 0.15) is 50.5 Å². The van der Waals surface area contributed by atoms with Gasteiger partial charge in [-0.15, -0.1) is 0 Å². The summed E-state index contributed by atoms with van der Waals surface area (Å²) >= 11 is 0. The molecule has 0 atom stereocenters. The highest BCUT2D eigenvalue weighted by molar-refractivity contribution is 5.76. The van der Waals surface area contributed by atoms with Gasteiger partial charge in [0.15, 0.2) is 0 Å². The molecule has 0 radical (unpaired) electrons. The van der Waals surface area contributed by atoms with Crippen molar-refractivity contribution < 1.29 is 4.79 Å². The molecule has 3 nitrogen and oxygen atoms in total. The first-order valence-electron chi connectivity index (χ1n) is 7.38. The summed E-state index contributed by atoms with van der Waals surface area (Å²) in [5.41, 5.74) is 7.73. The van der Waals surface area contributed by atoms with E-state index in [9.17, 15) is 4.79 Å². The molecule has 1 saturated carbocycles. The first-order valence-corrected chi connectivity index (χ1v) is 7.38. The van der Waals surface area contributed by atoms with Crippen molar-refractivity contribution in [2.24, 2.45) is 0 Å². The number of aryl methyl sites for hydroxylation is 1. The van der Waals surface area contributed by atoms with Gasteiger partial charge in [-0.25, -0.2) is 0 Å². The molecule has 0 spiro atoms. The number of para-hydroxylation sites is 1. The molecule has 3 N–H and O–H groups in total. The molecule has 1 aromatic rings. The van der Waals surface area contributed by atoms with E-state index in [1.807, 2.05) is 24.3 Å². The number of carbonyl (C=O) groups excluding carboxylic acids is 1. The van der Waals surface area contributed by atoms with Gasteiger partial charge in [0.25, 0.3) is 0 Å². The molecule has 1 aliphatic rings. The fourth-order valence-electron chi connectivity index (χ4n) is 2.73. The number of nitrogens with one attached hydrogen (secondary N) is 1. The van der Waals surface area contributed by atoms with Crippen LogP contribution in [0.3, 0.4) is 0 Å². The number of carbonyl (C=O) groups is 1. The third-order valence-corrected chi connectivity index (χ3v) is 3.90. The van der Waals surface area contributed by atoms with Crippen molar-refractivity contribution in [3.63, 3.8) is 0 Å². The first kappa shape index (κ1) is 13.9. The second kappa shape index (κ2) is 7.17. The van der Waals surface area contributed by atoms with E-state index in [0.29, 0.717) is 12.5 Å². The molecule has 19 heavy (non-hydrogen) atoms. The lowest BCUT2D eigenvalue weighted by Gasteiger charge is -2.16. The van der Waals surface area contributed by atoms with E-state index in [0.717, 1.165) is 30.5 Å². The van der Waals surface area contributed by atoms with Crippen molar-refractivity contribution in [1.29, 1.82) is 0 Å². The maximum atomic E-state index is 12.0.